The minimum atomic E-state index is -3.88. The largest absolute Gasteiger partial charge is 0.358 e. The Bertz CT molecular complexity index is 459. The molecule has 0 N–H and O–H groups in total. The van der Waals surface area contributed by atoms with Crippen LogP contribution < -0.4 is 0 Å². The van der Waals surface area contributed by atoms with Crippen LogP contribution in [0.15, 0.2) is 40.4 Å². The summed E-state index contributed by atoms with van der Waals surface area (Å²) in [4.78, 5) is -0.00455. The monoisotopic (exact) mass is 210 g/mol. The zero-order valence-corrected chi connectivity index (χ0v) is 7.81. The molecule has 14 heavy (non-hydrogen) atoms. The van der Waals surface area contributed by atoms with Gasteiger partial charge in [-0.15, -0.1) is 0 Å². The van der Waals surface area contributed by atoms with Gasteiger partial charge in [0.1, 0.15) is 17.2 Å². The molecule has 0 atom stereocenters. The van der Waals surface area contributed by atoms with E-state index in [9.17, 15) is 8.42 Å². The average molecular weight is 210 g/mol. The van der Waals surface area contributed by atoms with E-state index in [1.54, 1.807) is 18.2 Å². The Morgan fingerprint density at radius 1 is 1.36 bits per heavy atom. The van der Waals surface area contributed by atoms with Crippen molar-refractivity contribution >= 4 is 16.3 Å². The highest BCUT2D eigenvalue weighted by Gasteiger charge is 2.13. The maximum absolute atomic E-state index is 11.3. The smallest absolute Gasteiger partial charge is 0.264 e. The lowest BCUT2D eigenvalue weighted by Gasteiger charge is -1.98. The van der Waals surface area contributed by atoms with Crippen LogP contribution in [0, 0.1) is 11.3 Å². The second-order valence-corrected chi connectivity index (χ2v) is 3.73. The molecule has 0 aliphatic carbocycles. The van der Waals surface area contributed by atoms with E-state index in [2.05, 4.69) is 9.44 Å². The van der Waals surface area contributed by atoms with E-state index in [0.717, 1.165) is 0 Å². The predicted octanol–water partition coefficient (Wildman–Crippen LogP) is 0.901. The van der Waals surface area contributed by atoms with E-state index < -0.39 is 10.1 Å². The predicted molar refractivity (Wildman–Crippen MR) is 48.8 cm³/mol. The Morgan fingerprint density at radius 2 is 2.00 bits per heavy atom. The molecule has 0 bridgehead atoms. The molecule has 1 rings (SSSR count). The lowest BCUT2D eigenvalue weighted by Crippen LogP contribution is -2.01. The molecule has 5 nitrogen and oxygen atoms in total. The molecule has 0 radical (unpaired) electrons. The van der Waals surface area contributed by atoms with Crippen LogP contribution in [0.2, 0.25) is 0 Å². The van der Waals surface area contributed by atoms with Gasteiger partial charge in [0.2, 0.25) is 0 Å². The summed E-state index contributed by atoms with van der Waals surface area (Å²) in [5, 5.41) is 11.0. The van der Waals surface area contributed by atoms with Gasteiger partial charge in [-0.3, -0.25) is 4.28 Å². The zero-order chi connectivity index (χ0) is 10.4. The normalized spacial score (nSPS) is 11.1. The lowest BCUT2D eigenvalue weighted by molar-refractivity contribution is 0.341. The van der Waals surface area contributed by atoms with E-state index >= 15 is 0 Å². The van der Waals surface area contributed by atoms with Crippen molar-refractivity contribution < 1.29 is 12.7 Å². The Morgan fingerprint density at radius 3 is 2.57 bits per heavy atom. The van der Waals surface area contributed by atoms with Gasteiger partial charge in [0.05, 0.1) is 0 Å². The summed E-state index contributed by atoms with van der Waals surface area (Å²) in [5.41, 5.74) is 0. The first-order chi connectivity index (χ1) is 6.67. The highest BCUT2D eigenvalue weighted by Crippen LogP contribution is 2.10. The van der Waals surface area contributed by atoms with Crippen molar-refractivity contribution in [2.45, 2.75) is 4.90 Å². The first-order valence-corrected chi connectivity index (χ1v) is 4.98. The molecule has 0 fully saturated rings. The highest BCUT2D eigenvalue weighted by atomic mass is 32.2. The highest BCUT2D eigenvalue weighted by molar-refractivity contribution is 7.86. The Hall–Kier alpha value is -1.87. The quantitative estimate of drug-likeness (QED) is 0.548. The minimum Gasteiger partial charge on any atom is -0.264 e. The summed E-state index contributed by atoms with van der Waals surface area (Å²) in [7, 11) is -3.88. The van der Waals surface area contributed by atoms with Crippen molar-refractivity contribution in [3.8, 4) is 6.07 Å². The molecule has 6 heteroatoms. The van der Waals surface area contributed by atoms with Gasteiger partial charge in [0, 0.05) is 0 Å². The van der Waals surface area contributed by atoms with Crippen LogP contribution in [0.1, 0.15) is 0 Å². The van der Waals surface area contributed by atoms with Crippen LogP contribution in [-0.4, -0.2) is 14.6 Å². The van der Waals surface area contributed by atoms with E-state index in [-0.39, 0.29) is 4.90 Å². The standard InChI is InChI=1S/C8H6N2O3S/c9-6-7-10-13-14(11,12)8-4-2-1-3-5-8/h1-5,7H. The van der Waals surface area contributed by atoms with E-state index in [1.807, 2.05) is 0 Å². The fourth-order valence-electron chi connectivity index (χ4n) is 0.732. The maximum atomic E-state index is 11.3. The molecule has 0 aliphatic heterocycles. The van der Waals surface area contributed by atoms with E-state index in [4.69, 9.17) is 5.26 Å². The molecule has 0 saturated heterocycles. The van der Waals surface area contributed by atoms with Crippen molar-refractivity contribution in [2.75, 3.05) is 0 Å². The number of oxime groups is 1. The van der Waals surface area contributed by atoms with Gasteiger partial charge in [-0.1, -0.05) is 23.4 Å². The zero-order valence-electron chi connectivity index (χ0n) is 6.99. The third-order valence-electron chi connectivity index (χ3n) is 1.28. The average Bonchev–Trinajstić information content (AvgIpc) is 2.19. The lowest BCUT2D eigenvalue weighted by atomic mass is 10.4. The van der Waals surface area contributed by atoms with Gasteiger partial charge >= 0.3 is 10.1 Å². The Labute approximate surface area is 81.4 Å². The molecule has 1 aromatic rings. The molecule has 72 valence electrons. The van der Waals surface area contributed by atoms with E-state index in [0.29, 0.717) is 6.21 Å². The molecular weight excluding hydrogens is 204 g/mol. The van der Waals surface area contributed by atoms with Crippen LogP contribution in [0.5, 0.6) is 0 Å². The number of hydrogen-bond acceptors (Lipinski definition) is 5. The number of hydrogen-bond donors (Lipinski definition) is 0. The van der Waals surface area contributed by atoms with Crippen LogP contribution in [0.4, 0.5) is 0 Å². The topological polar surface area (TPSA) is 79.5 Å². The first-order valence-electron chi connectivity index (χ1n) is 3.57. The molecule has 0 amide bonds. The second kappa shape index (κ2) is 4.39. The molecule has 0 saturated carbocycles. The summed E-state index contributed by atoms with van der Waals surface area (Å²) < 4.78 is 26.7. The molecule has 0 unspecified atom stereocenters. The van der Waals surface area contributed by atoms with Gasteiger partial charge in [-0.05, 0) is 12.1 Å². The summed E-state index contributed by atoms with van der Waals surface area (Å²) in [6.45, 7) is 0. The maximum Gasteiger partial charge on any atom is 0.358 e. The number of rotatable bonds is 3. The van der Waals surface area contributed by atoms with Crippen molar-refractivity contribution in [1.82, 2.24) is 0 Å². The summed E-state index contributed by atoms with van der Waals surface area (Å²) in [6.07, 6.45) is 0.695. The number of nitrogens with zero attached hydrogens (tertiary/aromatic N) is 2. The Kier molecular flexibility index (Phi) is 3.20. The van der Waals surface area contributed by atoms with Gasteiger partial charge in [-0.2, -0.15) is 13.7 Å². The summed E-state index contributed by atoms with van der Waals surface area (Å²) in [5.74, 6) is 0. The van der Waals surface area contributed by atoms with Crippen molar-refractivity contribution in [1.29, 1.82) is 5.26 Å². The molecular formula is C8H6N2O3S. The Balaban J connectivity index is 2.89. The van der Waals surface area contributed by atoms with Crippen LogP contribution in [-0.2, 0) is 14.4 Å². The van der Waals surface area contributed by atoms with Crippen LogP contribution in [0.25, 0.3) is 0 Å². The van der Waals surface area contributed by atoms with Crippen molar-refractivity contribution in [3.63, 3.8) is 0 Å². The minimum absolute atomic E-state index is 0.00455. The fraction of sp³-hybridized carbons (Fsp3) is 0. The molecule has 0 spiro atoms. The molecule has 1 aromatic carbocycles. The number of benzene rings is 1. The third kappa shape index (κ3) is 2.57. The van der Waals surface area contributed by atoms with Crippen molar-refractivity contribution in [2.24, 2.45) is 5.16 Å². The van der Waals surface area contributed by atoms with Gasteiger partial charge in [-0.25, -0.2) is 0 Å². The van der Waals surface area contributed by atoms with Gasteiger partial charge in [0.15, 0.2) is 0 Å². The fourth-order valence-corrected chi connectivity index (χ4v) is 1.46. The second-order valence-electron chi connectivity index (χ2n) is 2.21. The SMILES string of the molecule is N#CC=NOS(=O)(=O)c1ccccc1. The number of nitriles is 1. The van der Waals surface area contributed by atoms with E-state index in [1.165, 1.54) is 18.2 Å². The first kappa shape index (κ1) is 10.2. The molecule has 0 aliphatic rings. The van der Waals surface area contributed by atoms with Crippen molar-refractivity contribution in [3.05, 3.63) is 30.3 Å². The summed E-state index contributed by atoms with van der Waals surface area (Å²) >= 11 is 0. The molecule has 0 heterocycles. The summed E-state index contributed by atoms with van der Waals surface area (Å²) in [6, 6.07) is 9.05. The molecule has 0 aromatic heterocycles. The van der Waals surface area contributed by atoms with Crippen LogP contribution in [0.3, 0.4) is 0 Å². The van der Waals surface area contributed by atoms with Gasteiger partial charge in [0.25, 0.3) is 0 Å². The third-order valence-corrected chi connectivity index (χ3v) is 2.42. The van der Waals surface area contributed by atoms with Crippen LogP contribution >= 0.6 is 0 Å². The van der Waals surface area contributed by atoms with Gasteiger partial charge < -0.3 is 0 Å².